The van der Waals surface area contributed by atoms with E-state index in [1.54, 1.807) is 14.2 Å². The second-order valence-corrected chi connectivity index (χ2v) is 2.65. The molecule has 0 aromatic heterocycles. The fourth-order valence-corrected chi connectivity index (χ4v) is 0.911. The molecule has 11 heavy (non-hydrogen) atoms. The van der Waals surface area contributed by atoms with Crippen LogP contribution in [0.5, 0.6) is 0 Å². The minimum Gasteiger partial charge on any atom is -0.385 e. The number of methoxy groups -OCH3 is 1. The lowest BCUT2D eigenvalue weighted by Crippen LogP contribution is -2.25. The van der Waals surface area contributed by atoms with Crippen LogP contribution in [0.2, 0.25) is 0 Å². The monoisotopic (exact) mass is 159 g/mol. The first-order valence-corrected chi connectivity index (χ1v) is 3.93. The quantitative estimate of drug-likeness (QED) is 0.602. The molecule has 0 heterocycles. The number of nitrogens with one attached hydrogen (secondary N) is 1. The van der Waals surface area contributed by atoms with Crippen LogP contribution in [-0.4, -0.2) is 26.7 Å². The van der Waals surface area contributed by atoms with E-state index in [4.69, 9.17) is 4.74 Å². The number of carbonyl (C=O) groups excluding carboxylic acids is 1. The van der Waals surface area contributed by atoms with Gasteiger partial charge in [-0.1, -0.05) is 6.92 Å². The van der Waals surface area contributed by atoms with E-state index in [2.05, 4.69) is 5.32 Å². The van der Waals surface area contributed by atoms with Crippen LogP contribution in [0, 0.1) is 5.92 Å². The molecule has 0 aromatic rings. The van der Waals surface area contributed by atoms with Gasteiger partial charge >= 0.3 is 0 Å². The predicted octanol–water partition coefficient (Wildman–Crippen LogP) is 0.795. The molecule has 0 rings (SSSR count). The molecule has 0 fully saturated rings. The zero-order chi connectivity index (χ0) is 8.69. The van der Waals surface area contributed by atoms with Gasteiger partial charge in [-0.15, -0.1) is 0 Å². The van der Waals surface area contributed by atoms with E-state index >= 15 is 0 Å². The number of ether oxygens (including phenoxy) is 1. The Labute approximate surface area is 68.1 Å². The molecule has 1 N–H and O–H groups in total. The maximum absolute atomic E-state index is 11.0. The molecule has 66 valence electrons. The summed E-state index contributed by atoms with van der Waals surface area (Å²) >= 11 is 0. The molecular formula is C8H17NO2. The number of hydrogen-bond acceptors (Lipinski definition) is 2. The van der Waals surface area contributed by atoms with Crippen LogP contribution in [0.25, 0.3) is 0 Å². The first-order valence-electron chi connectivity index (χ1n) is 3.93. The molecule has 1 amide bonds. The van der Waals surface area contributed by atoms with E-state index in [9.17, 15) is 4.79 Å². The highest BCUT2D eigenvalue weighted by molar-refractivity contribution is 5.77. The zero-order valence-corrected chi connectivity index (χ0v) is 7.52. The lowest BCUT2D eigenvalue weighted by molar-refractivity contribution is -0.124. The largest absolute Gasteiger partial charge is 0.385 e. The van der Waals surface area contributed by atoms with E-state index in [-0.39, 0.29) is 11.8 Å². The summed E-state index contributed by atoms with van der Waals surface area (Å²) in [5.74, 6) is 0.219. The molecule has 3 nitrogen and oxygen atoms in total. The molecule has 1 atom stereocenters. The van der Waals surface area contributed by atoms with Gasteiger partial charge in [0.25, 0.3) is 0 Å². The van der Waals surface area contributed by atoms with Crippen LogP contribution >= 0.6 is 0 Å². The van der Waals surface area contributed by atoms with Crippen LogP contribution in [0.4, 0.5) is 0 Å². The molecule has 0 aliphatic heterocycles. The summed E-state index contributed by atoms with van der Waals surface area (Å²) in [6, 6.07) is 0. The summed E-state index contributed by atoms with van der Waals surface area (Å²) < 4.78 is 4.87. The molecule has 0 aliphatic rings. The lowest BCUT2D eigenvalue weighted by atomic mass is 10.1. The molecule has 0 saturated carbocycles. The van der Waals surface area contributed by atoms with Gasteiger partial charge in [0, 0.05) is 26.7 Å². The van der Waals surface area contributed by atoms with Gasteiger partial charge in [-0.05, 0) is 12.8 Å². The molecule has 1 unspecified atom stereocenters. The molecule has 0 radical (unpaired) electrons. The first-order chi connectivity index (χ1) is 5.22. The van der Waals surface area contributed by atoms with Crippen molar-refractivity contribution in [1.29, 1.82) is 0 Å². The van der Waals surface area contributed by atoms with Gasteiger partial charge in [0.2, 0.25) is 5.91 Å². The highest BCUT2D eigenvalue weighted by atomic mass is 16.5. The summed E-state index contributed by atoms with van der Waals surface area (Å²) in [6.45, 7) is 2.66. The average molecular weight is 159 g/mol. The maximum atomic E-state index is 11.0. The Bertz CT molecular complexity index is 115. The van der Waals surface area contributed by atoms with E-state index < -0.39 is 0 Å². The molecule has 3 heteroatoms. The summed E-state index contributed by atoms with van der Waals surface area (Å²) in [5, 5.41) is 2.61. The molecule has 0 bridgehead atoms. The van der Waals surface area contributed by atoms with Gasteiger partial charge in [0.05, 0.1) is 0 Å². The standard InChI is InChI=1S/C8H17NO2/c1-7(8(10)9-2)5-4-6-11-3/h7H,4-6H2,1-3H3,(H,9,10). The number of rotatable bonds is 5. The fourth-order valence-electron chi connectivity index (χ4n) is 0.911. The molecule has 0 saturated heterocycles. The van der Waals surface area contributed by atoms with Crippen LogP contribution in [0.3, 0.4) is 0 Å². The van der Waals surface area contributed by atoms with Crippen LogP contribution in [0.1, 0.15) is 19.8 Å². The Hall–Kier alpha value is -0.570. The topological polar surface area (TPSA) is 38.3 Å². The number of carbonyl (C=O) groups is 1. The van der Waals surface area contributed by atoms with E-state index in [1.807, 2.05) is 6.92 Å². The SMILES string of the molecule is CNC(=O)C(C)CCCOC. The fraction of sp³-hybridized carbons (Fsp3) is 0.875. The molecular weight excluding hydrogens is 142 g/mol. The predicted molar refractivity (Wildman–Crippen MR) is 44.3 cm³/mol. The van der Waals surface area contributed by atoms with Crippen LogP contribution in [0.15, 0.2) is 0 Å². The summed E-state index contributed by atoms with van der Waals surface area (Å²) in [7, 11) is 3.33. The molecule has 0 spiro atoms. The third-order valence-electron chi connectivity index (χ3n) is 1.68. The van der Waals surface area contributed by atoms with E-state index in [0.29, 0.717) is 0 Å². The van der Waals surface area contributed by atoms with Gasteiger partial charge in [-0.3, -0.25) is 4.79 Å². The van der Waals surface area contributed by atoms with Crippen molar-refractivity contribution in [2.75, 3.05) is 20.8 Å². The van der Waals surface area contributed by atoms with Crippen molar-refractivity contribution >= 4 is 5.91 Å². The maximum Gasteiger partial charge on any atom is 0.222 e. The van der Waals surface area contributed by atoms with Crippen LogP contribution < -0.4 is 5.32 Å². The highest BCUT2D eigenvalue weighted by Crippen LogP contribution is 2.04. The van der Waals surface area contributed by atoms with E-state index in [1.165, 1.54) is 0 Å². The van der Waals surface area contributed by atoms with Gasteiger partial charge in [0.15, 0.2) is 0 Å². The van der Waals surface area contributed by atoms with Crippen molar-refractivity contribution < 1.29 is 9.53 Å². The Kier molecular flexibility index (Phi) is 5.84. The highest BCUT2D eigenvalue weighted by Gasteiger charge is 2.09. The minimum absolute atomic E-state index is 0.107. The minimum atomic E-state index is 0.107. The van der Waals surface area contributed by atoms with Crippen molar-refractivity contribution in [3.05, 3.63) is 0 Å². The molecule has 0 aromatic carbocycles. The van der Waals surface area contributed by atoms with Crippen molar-refractivity contribution in [1.82, 2.24) is 5.32 Å². The summed E-state index contributed by atoms with van der Waals surface area (Å²) in [4.78, 5) is 11.0. The van der Waals surface area contributed by atoms with Crippen molar-refractivity contribution in [3.63, 3.8) is 0 Å². The van der Waals surface area contributed by atoms with Gasteiger partial charge in [0.1, 0.15) is 0 Å². The Morgan fingerprint density at radius 1 is 1.64 bits per heavy atom. The van der Waals surface area contributed by atoms with Gasteiger partial charge < -0.3 is 10.1 Å². The first kappa shape index (κ1) is 10.4. The van der Waals surface area contributed by atoms with Crippen molar-refractivity contribution in [2.45, 2.75) is 19.8 Å². The third-order valence-corrected chi connectivity index (χ3v) is 1.68. The van der Waals surface area contributed by atoms with Gasteiger partial charge in [-0.25, -0.2) is 0 Å². The van der Waals surface area contributed by atoms with Gasteiger partial charge in [-0.2, -0.15) is 0 Å². The number of amides is 1. The summed E-state index contributed by atoms with van der Waals surface area (Å²) in [6.07, 6.45) is 1.85. The number of hydrogen-bond donors (Lipinski definition) is 1. The van der Waals surface area contributed by atoms with Crippen molar-refractivity contribution in [2.24, 2.45) is 5.92 Å². The zero-order valence-electron chi connectivity index (χ0n) is 7.52. The second kappa shape index (κ2) is 6.16. The Balaban J connectivity index is 3.36. The third kappa shape index (κ3) is 4.79. The second-order valence-electron chi connectivity index (χ2n) is 2.65. The normalized spacial score (nSPS) is 12.6. The van der Waals surface area contributed by atoms with Crippen LogP contribution in [-0.2, 0) is 9.53 Å². The van der Waals surface area contributed by atoms with E-state index in [0.717, 1.165) is 19.4 Å². The average Bonchev–Trinajstić information content (AvgIpc) is 2.03. The lowest BCUT2D eigenvalue weighted by Gasteiger charge is -2.08. The van der Waals surface area contributed by atoms with Crippen molar-refractivity contribution in [3.8, 4) is 0 Å². The summed E-state index contributed by atoms with van der Waals surface area (Å²) in [5.41, 5.74) is 0. The Morgan fingerprint density at radius 3 is 2.73 bits per heavy atom. The smallest absolute Gasteiger partial charge is 0.222 e. The molecule has 0 aliphatic carbocycles. The Morgan fingerprint density at radius 2 is 2.27 bits per heavy atom.